The zero-order valence-electron chi connectivity index (χ0n) is 11.4. The topological polar surface area (TPSA) is 93.4 Å². The SMILES string of the molecule is CS(=O)(=O)CCC(N)C(=O)N1CCc2ncccc2C1. The Morgan fingerprint density at radius 1 is 1.55 bits per heavy atom. The molecule has 1 unspecified atom stereocenters. The summed E-state index contributed by atoms with van der Waals surface area (Å²) >= 11 is 0. The minimum absolute atomic E-state index is 0.0636. The van der Waals surface area contributed by atoms with Gasteiger partial charge in [-0.25, -0.2) is 8.42 Å². The van der Waals surface area contributed by atoms with Crippen LogP contribution >= 0.6 is 0 Å². The average molecular weight is 297 g/mol. The van der Waals surface area contributed by atoms with Gasteiger partial charge >= 0.3 is 0 Å². The molecule has 1 aliphatic rings. The van der Waals surface area contributed by atoms with Crippen LogP contribution in [0.1, 0.15) is 17.7 Å². The predicted octanol–water partition coefficient (Wildman–Crippen LogP) is -0.272. The van der Waals surface area contributed by atoms with E-state index in [0.717, 1.165) is 17.5 Å². The van der Waals surface area contributed by atoms with E-state index in [9.17, 15) is 13.2 Å². The summed E-state index contributed by atoms with van der Waals surface area (Å²) in [7, 11) is -3.09. The third kappa shape index (κ3) is 3.77. The first-order chi connectivity index (χ1) is 9.37. The van der Waals surface area contributed by atoms with Gasteiger partial charge in [0.05, 0.1) is 11.8 Å². The van der Waals surface area contributed by atoms with Gasteiger partial charge in [0.25, 0.3) is 0 Å². The molecule has 0 radical (unpaired) electrons. The molecule has 0 fully saturated rings. The molecule has 2 rings (SSSR count). The lowest BCUT2D eigenvalue weighted by Gasteiger charge is -2.30. The Balaban J connectivity index is 1.97. The van der Waals surface area contributed by atoms with Crippen LogP contribution in [-0.4, -0.2) is 48.8 Å². The van der Waals surface area contributed by atoms with Crippen molar-refractivity contribution in [2.75, 3.05) is 18.6 Å². The molecule has 1 amide bonds. The van der Waals surface area contributed by atoms with Crippen molar-refractivity contribution in [1.82, 2.24) is 9.88 Å². The number of nitrogens with zero attached hydrogens (tertiary/aromatic N) is 2. The molecule has 2 heterocycles. The molecule has 0 bridgehead atoms. The summed E-state index contributed by atoms with van der Waals surface area (Å²) < 4.78 is 22.2. The lowest BCUT2D eigenvalue weighted by molar-refractivity contribution is -0.133. The van der Waals surface area contributed by atoms with Crippen molar-refractivity contribution < 1.29 is 13.2 Å². The van der Waals surface area contributed by atoms with Crippen LogP contribution in [0.15, 0.2) is 18.3 Å². The molecule has 0 saturated heterocycles. The summed E-state index contributed by atoms with van der Waals surface area (Å²) in [5.41, 5.74) is 7.85. The molecule has 2 N–H and O–H groups in total. The molecular formula is C13H19N3O3S. The number of aromatic nitrogens is 1. The number of hydrogen-bond acceptors (Lipinski definition) is 5. The first-order valence-electron chi connectivity index (χ1n) is 6.51. The van der Waals surface area contributed by atoms with Crippen LogP contribution in [0.5, 0.6) is 0 Å². The van der Waals surface area contributed by atoms with Crippen molar-refractivity contribution in [3.05, 3.63) is 29.6 Å². The number of carbonyl (C=O) groups is 1. The quantitative estimate of drug-likeness (QED) is 0.825. The summed E-state index contributed by atoms with van der Waals surface area (Å²) in [5, 5.41) is 0. The number of sulfone groups is 1. The average Bonchev–Trinajstić information content (AvgIpc) is 2.42. The van der Waals surface area contributed by atoms with Gasteiger partial charge in [0.2, 0.25) is 5.91 Å². The molecule has 1 aromatic heterocycles. The van der Waals surface area contributed by atoms with Gasteiger partial charge in [0.15, 0.2) is 0 Å². The number of amides is 1. The number of fused-ring (bicyclic) bond motifs is 1. The molecule has 6 nitrogen and oxygen atoms in total. The Morgan fingerprint density at radius 3 is 3.00 bits per heavy atom. The summed E-state index contributed by atoms with van der Waals surface area (Å²) in [4.78, 5) is 18.2. The largest absolute Gasteiger partial charge is 0.337 e. The Bertz CT molecular complexity index is 601. The number of nitrogens with two attached hydrogens (primary N) is 1. The van der Waals surface area contributed by atoms with Gasteiger partial charge in [-0.05, 0) is 18.1 Å². The third-order valence-electron chi connectivity index (χ3n) is 3.39. The van der Waals surface area contributed by atoms with Crippen LogP contribution in [0, 0.1) is 0 Å². The van der Waals surface area contributed by atoms with Gasteiger partial charge in [-0.2, -0.15) is 0 Å². The third-order valence-corrected chi connectivity index (χ3v) is 4.37. The molecule has 0 aromatic carbocycles. The summed E-state index contributed by atoms with van der Waals surface area (Å²) in [6.45, 7) is 1.07. The molecule has 1 aromatic rings. The first-order valence-corrected chi connectivity index (χ1v) is 8.58. The zero-order valence-corrected chi connectivity index (χ0v) is 12.3. The fourth-order valence-electron chi connectivity index (χ4n) is 2.25. The molecule has 110 valence electrons. The Kier molecular flexibility index (Phi) is 4.39. The highest BCUT2D eigenvalue weighted by molar-refractivity contribution is 7.90. The molecular weight excluding hydrogens is 278 g/mol. The normalized spacial score (nSPS) is 16.6. The number of pyridine rings is 1. The fraction of sp³-hybridized carbons (Fsp3) is 0.538. The van der Waals surface area contributed by atoms with Crippen LogP contribution in [0.4, 0.5) is 0 Å². The minimum atomic E-state index is -3.09. The second-order valence-electron chi connectivity index (χ2n) is 5.14. The monoisotopic (exact) mass is 297 g/mol. The second-order valence-corrected chi connectivity index (χ2v) is 7.40. The van der Waals surface area contributed by atoms with Crippen molar-refractivity contribution in [1.29, 1.82) is 0 Å². The van der Waals surface area contributed by atoms with Gasteiger partial charge in [-0.1, -0.05) is 6.07 Å². The maximum atomic E-state index is 12.2. The van der Waals surface area contributed by atoms with Crippen LogP contribution in [0.25, 0.3) is 0 Å². The minimum Gasteiger partial charge on any atom is -0.337 e. The fourth-order valence-corrected chi connectivity index (χ4v) is 2.94. The smallest absolute Gasteiger partial charge is 0.239 e. The van der Waals surface area contributed by atoms with E-state index < -0.39 is 15.9 Å². The van der Waals surface area contributed by atoms with Gasteiger partial charge in [0, 0.05) is 37.7 Å². The molecule has 0 saturated carbocycles. The van der Waals surface area contributed by atoms with E-state index in [0.29, 0.717) is 19.5 Å². The Hall–Kier alpha value is -1.47. The van der Waals surface area contributed by atoms with E-state index in [2.05, 4.69) is 4.98 Å². The van der Waals surface area contributed by atoms with Gasteiger partial charge in [-0.3, -0.25) is 9.78 Å². The van der Waals surface area contributed by atoms with Gasteiger partial charge in [-0.15, -0.1) is 0 Å². The Morgan fingerprint density at radius 2 is 2.30 bits per heavy atom. The first kappa shape index (κ1) is 14.9. The lowest BCUT2D eigenvalue weighted by Crippen LogP contribution is -2.46. The maximum Gasteiger partial charge on any atom is 0.239 e. The van der Waals surface area contributed by atoms with Gasteiger partial charge < -0.3 is 10.6 Å². The lowest BCUT2D eigenvalue weighted by atomic mass is 10.0. The van der Waals surface area contributed by atoms with E-state index in [1.54, 1.807) is 11.1 Å². The van der Waals surface area contributed by atoms with Crippen LogP contribution < -0.4 is 5.73 Å². The van der Waals surface area contributed by atoms with E-state index in [-0.39, 0.29) is 18.1 Å². The second kappa shape index (κ2) is 5.88. The summed E-state index contributed by atoms with van der Waals surface area (Å²) in [6.07, 6.45) is 3.76. The highest BCUT2D eigenvalue weighted by Gasteiger charge is 2.25. The van der Waals surface area contributed by atoms with Crippen LogP contribution in [-0.2, 0) is 27.6 Å². The maximum absolute atomic E-state index is 12.2. The molecule has 0 aliphatic carbocycles. The van der Waals surface area contributed by atoms with E-state index in [1.807, 2.05) is 12.1 Å². The van der Waals surface area contributed by atoms with E-state index in [1.165, 1.54) is 0 Å². The predicted molar refractivity (Wildman–Crippen MR) is 75.7 cm³/mol. The van der Waals surface area contributed by atoms with Crippen molar-refractivity contribution in [2.45, 2.75) is 25.4 Å². The molecule has 0 spiro atoms. The van der Waals surface area contributed by atoms with E-state index >= 15 is 0 Å². The molecule has 20 heavy (non-hydrogen) atoms. The van der Waals surface area contributed by atoms with Crippen molar-refractivity contribution >= 4 is 15.7 Å². The summed E-state index contributed by atoms with van der Waals surface area (Å²) in [6, 6.07) is 3.03. The molecule has 1 aliphatic heterocycles. The van der Waals surface area contributed by atoms with Crippen LogP contribution in [0.3, 0.4) is 0 Å². The van der Waals surface area contributed by atoms with Crippen LogP contribution in [0.2, 0.25) is 0 Å². The van der Waals surface area contributed by atoms with Crippen molar-refractivity contribution in [2.24, 2.45) is 5.73 Å². The highest BCUT2D eigenvalue weighted by Crippen LogP contribution is 2.17. The number of hydrogen-bond donors (Lipinski definition) is 1. The van der Waals surface area contributed by atoms with Gasteiger partial charge in [0.1, 0.15) is 9.84 Å². The zero-order chi connectivity index (χ0) is 14.8. The summed E-state index contributed by atoms with van der Waals surface area (Å²) in [5.74, 6) is -0.255. The number of carbonyl (C=O) groups excluding carboxylic acids is 1. The van der Waals surface area contributed by atoms with E-state index in [4.69, 9.17) is 5.73 Å². The highest BCUT2D eigenvalue weighted by atomic mass is 32.2. The standard InChI is InChI=1S/C13H19N3O3S/c1-20(18,19)8-5-11(14)13(17)16-7-4-12-10(9-16)3-2-6-15-12/h2-3,6,11H,4-5,7-9,14H2,1H3. The number of rotatable bonds is 4. The molecule has 1 atom stereocenters. The molecule has 7 heteroatoms. The Labute approximate surface area is 118 Å². The van der Waals surface area contributed by atoms with Crippen molar-refractivity contribution in [3.63, 3.8) is 0 Å². The van der Waals surface area contributed by atoms with Crippen molar-refractivity contribution in [3.8, 4) is 0 Å².